The Hall–Kier alpha value is -3.49. The first-order valence-corrected chi connectivity index (χ1v) is 12.1. The smallest absolute Gasteiger partial charge is 0.277 e. The maximum Gasteiger partial charge on any atom is 0.277 e. The summed E-state index contributed by atoms with van der Waals surface area (Å²) in [5, 5.41) is 16.7. The number of hydrogen-bond donors (Lipinski definition) is 2. The molecule has 0 fully saturated rings. The molecule has 0 saturated heterocycles. The van der Waals surface area contributed by atoms with Gasteiger partial charge in [0.1, 0.15) is 11.4 Å². The third-order valence-electron chi connectivity index (χ3n) is 5.96. The molecule has 0 aliphatic carbocycles. The summed E-state index contributed by atoms with van der Waals surface area (Å²) in [5.74, 6) is 0.0121. The number of aliphatic hydroxyl groups is 1. The van der Waals surface area contributed by atoms with Crippen molar-refractivity contribution in [1.29, 1.82) is 0 Å². The predicted octanol–water partition coefficient (Wildman–Crippen LogP) is 4.12. The van der Waals surface area contributed by atoms with Crippen LogP contribution in [0, 0.1) is 0 Å². The monoisotopic (exact) mass is 494 g/mol. The quantitative estimate of drug-likeness (QED) is 0.264. The molecule has 2 aromatic carbocycles. The summed E-state index contributed by atoms with van der Waals surface area (Å²) in [5.41, 5.74) is 4.01. The van der Waals surface area contributed by atoms with E-state index in [2.05, 4.69) is 10.4 Å². The molecule has 1 aliphatic rings. The fourth-order valence-corrected chi connectivity index (χ4v) is 4.34. The van der Waals surface area contributed by atoms with Crippen molar-refractivity contribution in [3.63, 3.8) is 0 Å². The Morgan fingerprint density at radius 3 is 2.37 bits per heavy atom. The highest BCUT2D eigenvalue weighted by Gasteiger charge is 2.34. The Morgan fingerprint density at radius 2 is 1.74 bits per heavy atom. The van der Waals surface area contributed by atoms with Gasteiger partial charge in [-0.25, -0.2) is 4.68 Å². The average molecular weight is 495 g/mol. The van der Waals surface area contributed by atoms with Gasteiger partial charge in [0.05, 0.1) is 12.3 Å². The van der Waals surface area contributed by atoms with Crippen molar-refractivity contribution in [2.75, 3.05) is 22.6 Å². The molecule has 35 heavy (non-hydrogen) atoms. The topological polar surface area (TPSA) is 105 Å². The lowest BCUT2D eigenvalue weighted by Crippen LogP contribution is -2.39. The number of carbonyl (C=O) groups excluding carboxylic acids is 3. The highest BCUT2D eigenvalue weighted by atomic mass is 35.5. The lowest BCUT2D eigenvalue weighted by Gasteiger charge is -2.28. The number of hydrogen-bond acceptors (Lipinski definition) is 5. The number of nitrogens with one attached hydrogen (secondary N) is 1. The molecule has 4 rings (SSSR count). The van der Waals surface area contributed by atoms with Gasteiger partial charge in [0.25, 0.3) is 5.91 Å². The van der Waals surface area contributed by atoms with E-state index < -0.39 is 0 Å². The molecule has 1 aliphatic heterocycles. The normalized spacial score (nSPS) is 13.0. The van der Waals surface area contributed by atoms with Crippen LogP contribution in [0.3, 0.4) is 0 Å². The van der Waals surface area contributed by atoms with E-state index in [0.29, 0.717) is 59.3 Å². The fraction of sp³-hybridized carbons (Fsp3) is 0.308. The third kappa shape index (κ3) is 5.28. The molecule has 0 atom stereocenters. The van der Waals surface area contributed by atoms with Gasteiger partial charge >= 0.3 is 0 Å². The highest BCUT2D eigenvalue weighted by Crippen LogP contribution is 2.30. The molecule has 0 saturated carbocycles. The molecule has 9 heteroatoms. The number of unbranched alkanes of at least 4 members (excludes halogenated alkanes) is 1. The van der Waals surface area contributed by atoms with Crippen molar-refractivity contribution in [2.24, 2.45) is 0 Å². The van der Waals surface area contributed by atoms with E-state index >= 15 is 0 Å². The number of carbonyl (C=O) groups is 3. The van der Waals surface area contributed by atoms with Crippen molar-refractivity contribution in [1.82, 2.24) is 9.78 Å². The molecule has 2 amide bonds. The number of rotatable bonds is 9. The van der Waals surface area contributed by atoms with E-state index in [9.17, 15) is 19.5 Å². The Kier molecular flexibility index (Phi) is 7.63. The standard InChI is InChI=1S/C26H27ClN4O4/c1-17(33)24-22-13-15-30(20-11-7-19(8-12-20)28-23(34)4-2-3-14-27)26(35)25(22)31(29-24)21-9-5-18(16-32)6-10-21/h5-12,32H,2-4,13-16H2,1H3,(H,28,34). The molecule has 182 valence electrons. The van der Waals surface area contributed by atoms with Gasteiger partial charge in [-0.15, -0.1) is 11.6 Å². The van der Waals surface area contributed by atoms with Crippen molar-refractivity contribution < 1.29 is 19.5 Å². The molecule has 2 N–H and O–H groups in total. The van der Waals surface area contributed by atoms with E-state index in [-0.39, 0.29) is 24.2 Å². The summed E-state index contributed by atoms with van der Waals surface area (Å²) in [4.78, 5) is 39.6. The molecule has 8 nitrogen and oxygen atoms in total. The number of aliphatic hydroxyl groups excluding tert-OH is 1. The van der Waals surface area contributed by atoms with Gasteiger partial charge < -0.3 is 15.3 Å². The fourth-order valence-electron chi connectivity index (χ4n) is 4.15. The minimum Gasteiger partial charge on any atom is -0.392 e. The minimum absolute atomic E-state index is 0.0746. The van der Waals surface area contributed by atoms with Gasteiger partial charge in [-0.05, 0) is 61.2 Å². The van der Waals surface area contributed by atoms with Crippen molar-refractivity contribution >= 4 is 40.6 Å². The molecule has 2 heterocycles. The number of fused-ring (bicyclic) bond motifs is 1. The second-order valence-corrected chi connectivity index (χ2v) is 8.79. The number of aromatic nitrogens is 2. The summed E-state index contributed by atoms with van der Waals surface area (Å²) in [6.07, 6.45) is 2.42. The second-order valence-electron chi connectivity index (χ2n) is 8.42. The number of anilines is 2. The number of Topliss-reactive ketones (excluding diaryl/α,β-unsaturated/α-hetero) is 1. The van der Waals surface area contributed by atoms with Gasteiger partial charge in [0.15, 0.2) is 5.78 Å². The van der Waals surface area contributed by atoms with Crippen LogP contribution in [0.4, 0.5) is 11.4 Å². The van der Waals surface area contributed by atoms with E-state index in [1.54, 1.807) is 53.4 Å². The predicted molar refractivity (Wildman–Crippen MR) is 135 cm³/mol. The van der Waals surface area contributed by atoms with Gasteiger partial charge in [-0.3, -0.25) is 14.4 Å². The number of amides is 2. The zero-order valence-corrected chi connectivity index (χ0v) is 20.2. The van der Waals surface area contributed by atoms with Crippen molar-refractivity contribution in [3.05, 3.63) is 71.0 Å². The molecule has 0 radical (unpaired) electrons. The van der Waals surface area contributed by atoms with Crippen molar-refractivity contribution in [2.45, 2.75) is 39.2 Å². The first kappa shape index (κ1) is 24.6. The van der Waals surface area contributed by atoms with E-state index in [4.69, 9.17) is 11.6 Å². The third-order valence-corrected chi connectivity index (χ3v) is 6.23. The SMILES string of the molecule is CC(=O)c1nn(-c2ccc(CO)cc2)c2c1CCN(c1ccc(NC(=O)CCCCCl)cc1)C2=O. The summed E-state index contributed by atoms with van der Waals surface area (Å²) >= 11 is 5.66. The first-order valence-electron chi connectivity index (χ1n) is 11.5. The Balaban J connectivity index is 1.59. The number of halogens is 1. The zero-order chi connectivity index (χ0) is 24.9. The summed E-state index contributed by atoms with van der Waals surface area (Å²) in [7, 11) is 0. The van der Waals surface area contributed by atoms with Gasteiger partial charge in [0.2, 0.25) is 5.91 Å². The number of ketones is 1. The van der Waals surface area contributed by atoms with Crippen LogP contribution in [0.25, 0.3) is 5.69 Å². The summed E-state index contributed by atoms with van der Waals surface area (Å²) < 4.78 is 1.51. The highest BCUT2D eigenvalue weighted by molar-refractivity contribution is 6.17. The Morgan fingerprint density at radius 1 is 1.06 bits per heavy atom. The number of nitrogens with zero attached hydrogens (tertiary/aromatic N) is 3. The second kappa shape index (κ2) is 10.8. The van der Waals surface area contributed by atoms with E-state index in [1.165, 1.54) is 11.6 Å². The lowest BCUT2D eigenvalue weighted by atomic mass is 10.0. The van der Waals surface area contributed by atoms with E-state index in [1.807, 2.05) is 0 Å². The zero-order valence-electron chi connectivity index (χ0n) is 19.5. The molecule has 0 bridgehead atoms. The molecular formula is C26H27ClN4O4. The summed E-state index contributed by atoms with van der Waals surface area (Å²) in [6.45, 7) is 1.76. The molecule has 3 aromatic rings. The van der Waals surface area contributed by atoms with Gasteiger partial charge in [0, 0.05) is 42.7 Å². The van der Waals surface area contributed by atoms with Crippen molar-refractivity contribution in [3.8, 4) is 5.69 Å². The molecule has 0 unspecified atom stereocenters. The maximum atomic E-state index is 13.6. The molecule has 0 spiro atoms. The average Bonchev–Trinajstić information content (AvgIpc) is 3.26. The molecular weight excluding hydrogens is 468 g/mol. The molecule has 1 aromatic heterocycles. The van der Waals surface area contributed by atoms with Crippen LogP contribution in [0.1, 0.15) is 58.3 Å². The maximum absolute atomic E-state index is 13.6. The van der Waals surface area contributed by atoms with Crippen LogP contribution in [-0.4, -0.2) is 44.9 Å². The van der Waals surface area contributed by atoms with Crippen LogP contribution in [0.15, 0.2) is 48.5 Å². The Labute approximate surface area is 208 Å². The van der Waals surface area contributed by atoms with Gasteiger partial charge in [-0.2, -0.15) is 5.10 Å². The summed E-state index contributed by atoms with van der Waals surface area (Å²) in [6, 6.07) is 14.2. The first-order chi connectivity index (χ1) is 16.9. The number of benzene rings is 2. The van der Waals surface area contributed by atoms with Crippen LogP contribution >= 0.6 is 11.6 Å². The Bertz CT molecular complexity index is 1240. The minimum atomic E-state index is -0.254. The lowest BCUT2D eigenvalue weighted by molar-refractivity contribution is -0.116. The van der Waals surface area contributed by atoms with E-state index in [0.717, 1.165) is 18.4 Å². The van der Waals surface area contributed by atoms with Crippen LogP contribution < -0.4 is 10.2 Å². The largest absolute Gasteiger partial charge is 0.392 e. The van der Waals surface area contributed by atoms with Crippen LogP contribution in [0.2, 0.25) is 0 Å². The van der Waals surface area contributed by atoms with Gasteiger partial charge in [-0.1, -0.05) is 12.1 Å². The van der Waals surface area contributed by atoms with Crippen LogP contribution in [0.5, 0.6) is 0 Å². The number of alkyl halides is 1. The van der Waals surface area contributed by atoms with Crippen LogP contribution in [-0.2, 0) is 17.8 Å².